The van der Waals surface area contributed by atoms with Crippen molar-refractivity contribution in [2.45, 2.75) is 6.42 Å². The zero-order valence-corrected chi connectivity index (χ0v) is 14.0. The van der Waals surface area contributed by atoms with Crippen LogP contribution in [0.5, 0.6) is 11.5 Å². The van der Waals surface area contributed by atoms with Crippen LogP contribution < -0.4 is 20.1 Å². The third-order valence-corrected chi connectivity index (χ3v) is 3.61. The van der Waals surface area contributed by atoms with Gasteiger partial charge in [-0.05, 0) is 36.4 Å². The van der Waals surface area contributed by atoms with Crippen LogP contribution in [0.15, 0.2) is 23.2 Å². The first-order chi connectivity index (χ1) is 10.2. The number of rotatable bonds is 8. The molecule has 0 aromatic heterocycles. The number of methoxy groups -OCH3 is 2. The fraction of sp³-hybridized carbons (Fsp3) is 0.533. The van der Waals surface area contributed by atoms with Crippen molar-refractivity contribution in [1.82, 2.24) is 10.6 Å². The van der Waals surface area contributed by atoms with Crippen LogP contribution >= 0.6 is 11.8 Å². The number of hydrogen-bond acceptors (Lipinski definition) is 4. The molecule has 0 saturated carbocycles. The topological polar surface area (TPSA) is 54.9 Å². The minimum atomic E-state index is 0.780. The van der Waals surface area contributed by atoms with Crippen molar-refractivity contribution in [2.75, 3.05) is 46.4 Å². The number of thioether (sulfide) groups is 1. The molecule has 0 radical (unpaired) electrons. The first-order valence-electron chi connectivity index (χ1n) is 6.89. The SMILES string of the molecule is CN=C(NCCSC)NCCc1cc(OC)ccc1OC. The highest BCUT2D eigenvalue weighted by atomic mass is 32.2. The molecule has 118 valence electrons. The van der Waals surface area contributed by atoms with Gasteiger partial charge < -0.3 is 20.1 Å². The molecule has 0 fully saturated rings. The van der Waals surface area contributed by atoms with Gasteiger partial charge in [0.1, 0.15) is 11.5 Å². The molecule has 1 aromatic rings. The summed E-state index contributed by atoms with van der Waals surface area (Å²) in [6.45, 7) is 1.69. The molecule has 0 heterocycles. The van der Waals surface area contributed by atoms with Crippen molar-refractivity contribution in [3.63, 3.8) is 0 Å². The molecule has 1 aromatic carbocycles. The quantitative estimate of drug-likeness (QED) is 0.435. The Hall–Kier alpha value is -1.56. The maximum absolute atomic E-state index is 5.38. The van der Waals surface area contributed by atoms with Gasteiger partial charge >= 0.3 is 0 Å². The number of aliphatic imine (C=N–C) groups is 1. The fourth-order valence-electron chi connectivity index (χ4n) is 1.88. The van der Waals surface area contributed by atoms with Gasteiger partial charge in [0.25, 0.3) is 0 Å². The molecule has 0 aliphatic carbocycles. The summed E-state index contributed by atoms with van der Waals surface area (Å²) in [6.07, 6.45) is 2.93. The van der Waals surface area contributed by atoms with Gasteiger partial charge in [-0.1, -0.05) is 0 Å². The van der Waals surface area contributed by atoms with E-state index < -0.39 is 0 Å². The van der Waals surface area contributed by atoms with Crippen LogP contribution in [-0.4, -0.2) is 52.3 Å². The molecule has 0 unspecified atom stereocenters. The minimum Gasteiger partial charge on any atom is -0.497 e. The summed E-state index contributed by atoms with van der Waals surface area (Å²) >= 11 is 1.81. The minimum absolute atomic E-state index is 0.780. The maximum atomic E-state index is 5.38. The van der Waals surface area contributed by atoms with Crippen molar-refractivity contribution >= 4 is 17.7 Å². The van der Waals surface area contributed by atoms with E-state index in [0.29, 0.717) is 0 Å². The molecule has 5 nitrogen and oxygen atoms in total. The van der Waals surface area contributed by atoms with Crippen molar-refractivity contribution in [1.29, 1.82) is 0 Å². The second-order valence-electron chi connectivity index (χ2n) is 4.35. The molecule has 0 amide bonds. The fourth-order valence-corrected chi connectivity index (χ4v) is 2.19. The summed E-state index contributed by atoms with van der Waals surface area (Å²) in [5.41, 5.74) is 1.11. The second kappa shape index (κ2) is 10.2. The summed E-state index contributed by atoms with van der Waals surface area (Å²) in [7, 11) is 5.13. The highest BCUT2D eigenvalue weighted by molar-refractivity contribution is 7.98. The lowest BCUT2D eigenvalue weighted by Gasteiger charge is -2.13. The van der Waals surface area contributed by atoms with Crippen LogP contribution in [0.3, 0.4) is 0 Å². The summed E-state index contributed by atoms with van der Waals surface area (Å²) in [6, 6.07) is 5.84. The van der Waals surface area contributed by atoms with Gasteiger partial charge in [0, 0.05) is 25.9 Å². The van der Waals surface area contributed by atoms with E-state index in [-0.39, 0.29) is 0 Å². The predicted octanol–water partition coefficient (Wildman–Crippen LogP) is 1.77. The summed E-state index contributed by atoms with van der Waals surface area (Å²) in [5, 5.41) is 6.57. The molecule has 21 heavy (non-hydrogen) atoms. The van der Waals surface area contributed by atoms with Crippen LogP contribution in [0.2, 0.25) is 0 Å². The Bertz CT molecular complexity index is 453. The summed E-state index contributed by atoms with van der Waals surface area (Å²) < 4.78 is 10.6. The molecule has 2 N–H and O–H groups in total. The monoisotopic (exact) mass is 311 g/mol. The second-order valence-corrected chi connectivity index (χ2v) is 5.33. The first kappa shape index (κ1) is 17.5. The Morgan fingerprint density at radius 1 is 1.19 bits per heavy atom. The van der Waals surface area contributed by atoms with Gasteiger partial charge in [-0.2, -0.15) is 11.8 Å². The van der Waals surface area contributed by atoms with E-state index in [4.69, 9.17) is 9.47 Å². The summed E-state index contributed by atoms with van der Waals surface area (Å²) in [4.78, 5) is 4.20. The van der Waals surface area contributed by atoms with E-state index in [1.807, 2.05) is 30.0 Å². The Morgan fingerprint density at radius 3 is 2.57 bits per heavy atom. The van der Waals surface area contributed by atoms with Gasteiger partial charge in [-0.3, -0.25) is 4.99 Å². The highest BCUT2D eigenvalue weighted by Crippen LogP contribution is 2.23. The van der Waals surface area contributed by atoms with Crippen molar-refractivity contribution < 1.29 is 9.47 Å². The van der Waals surface area contributed by atoms with E-state index in [9.17, 15) is 0 Å². The third-order valence-electron chi connectivity index (χ3n) is 3.00. The van der Waals surface area contributed by atoms with Crippen molar-refractivity contribution in [3.05, 3.63) is 23.8 Å². The Kier molecular flexibility index (Phi) is 8.50. The molecular formula is C15H25N3O2S. The molecule has 0 spiro atoms. The van der Waals surface area contributed by atoms with Gasteiger partial charge in [0.2, 0.25) is 0 Å². The maximum Gasteiger partial charge on any atom is 0.191 e. The van der Waals surface area contributed by atoms with Crippen LogP contribution in [0.1, 0.15) is 5.56 Å². The molecular weight excluding hydrogens is 286 g/mol. The molecule has 0 atom stereocenters. The van der Waals surface area contributed by atoms with Crippen molar-refractivity contribution in [2.24, 2.45) is 4.99 Å². The van der Waals surface area contributed by atoms with E-state index in [1.165, 1.54) is 0 Å². The highest BCUT2D eigenvalue weighted by Gasteiger charge is 2.05. The van der Waals surface area contributed by atoms with Gasteiger partial charge in [0.15, 0.2) is 5.96 Å². The Labute approximate surface area is 131 Å². The Balaban J connectivity index is 2.50. The van der Waals surface area contributed by atoms with Crippen LogP contribution in [0.25, 0.3) is 0 Å². The number of nitrogens with zero attached hydrogens (tertiary/aromatic N) is 1. The number of benzene rings is 1. The number of ether oxygens (including phenoxy) is 2. The average molecular weight is 311 g/mol. The standard InChI is InChI=1S/C15H25N3O2S/c1-16-15(18-9-10-21-4)17-8-7-12-11-13(19-2)5-6-14(12)20-3/h5-6,11H,7-10H2,1-4H3,(H2,16,17,18). The van der Waals surface area contributed by atoms with E-state index in [0.717, 1.165) is 48.3 Å². The van der Waals surface area contributed by atoms with Crippen LogP contribution in [-0.2, 0) is 6.42 Å². The molecule has 0 bridgehead atoms. The Morgan fingerprint density at radius 2 is 1.95 bits per heavy atom. The lowest BCUT2D eigenvalue weighted by atomic mass is 10.1. The van der Waals surface area contributed by atoms with Crippen molar-refractivity contribution in [3.8, 4) is 11.5 Å². The van der Waals surface area contributed by atoms with Gasteiger partial charge in [0.05, 0.1) is 14.2 Å². The molecule has 6 heteroatoms. The smallest absolute Gasteiger partial charge is 0.191 e. The number of nitrogens with one attached hydrogen (secondary N) is 2. The molecule has 1 rings (SSSR count). The predicted molar refractivity (Wildman–Crippen MR) is 91.0 cm³/mol. The lowest BCUT2D eigenvalue weighted by molar-refractivity contribution is 0.398. The van der Waals surface area contributed by atoms with Crippen LogP contribution in [0, 0.1) is 0 Å². The molecule has 0 aliphatic rings. The third kappa shape index (κ3) is 6.16. The number of guanidine groups is 1. The van der Waals surface area contributed by atoms with Gasteiger partial charge in [-0.15, -0.1) is 0 Å². The zero-order valence-electron chi connectivity index (χ0n) is 13.2. The van der Waals surface area contributed by atoms with E-state index in [2.05, 4.69) is 21.9 Å². The molecule has 0 saturated heterocycles. The zero-order chi connectivity index (χ0) is 15.5. The largest absolute Gasteiger partial charge is 0.497 e. The van der Waals surface area contributed by atoms with Gasteiger partial charge in [-0.25, -0.2) is 0 Å². The normalized spacial score (nSPS) is 11.1. The van der Waals surface area contributed by atoms with E-state index >= 15 is 0 Å². The number of hydrogen-bond donors (Lipinski definition) is 2. The lowest BCUT2D eigenvalue weighted by Crippen LogP contribution is -2.39. The first-order valence-corrected chi connectivity index (χ1v) is 8.29. The van der Waals surface area contributed by atoms with E-state index in [1.54, 1.807) is 21.3 Å². The van der Waals surface area contributed by atoms with Crippen LogP contribution in [0.4, 0.5) is 0 Å². The summed E-state index contributed by atoms with van der Waals surface area (Å²) in [5.74, 6) is 3.60. The molecule has 0 aliphatic heterocycles. The average Bonchev–Trinajstić information content (AvgIpc) is 2.53.